The second-order valence-electron chi connectivity index (χ2n) is 5.00. The third-order valence-electron chi connectivity index (χ3n) is 3.30. The molecule has 1 N–H and O–H groups in total. The van der Waals surface area contributed by atoms with Gasteiger partial charge in [0.2, 0.25) is 0 Å². The van der Waals surface area contributed by atoms with Gasteiger partial charge in [-0.25, -0.2) is 4.79 Å². The molecule has 0 aliphatic heterocycles. The standard InChI is InChI=1S/C18H18ClNO4/c1-23-18(22)15-4-2-3-5-16(15)24-12-17(21)20-11-10-13-6-8-14(19)9-7-13/h2-9H,10-12H2,1H3,(H,20,21). The molecule has 1 amide bonds. The summed E-state index contributed by atoms with van der Waals surface area (Å²) >= 11 is 5.82. The predicted molar refractivity (Wildman–Crippen MR) is 91.4 cm³/mol. The van der Waals surface area contributed by atoms with Gasteiger partial charge in [0.05, 0.1) is 7.11 Å². The van der Waals surface area contributed by atoms with Crippen molar-refractivity contribution < 1.29 is 19.1 Å². The van der Waals surface area contributed by atoms with Crippen LogP contribution in [-0.4, -0.2) is 32.1 Å². The molecule has 5 nitrogen and oxygen atoms in total. The monoisotopic (exact) mass is 347 g/mol. The van der Waals surface area contributed by atoms with E-state index in [9.17, 15) is 9.59 Å². The Balaban J connectivity index is 1.79. The summed E-state index contributed by atoms with van der Waals surface area (Å²) in [4.78, 5) is 23.5. The zero-order valence-electron chi connectivity index (χ0n) is 13.3. The number of carbonyl (C=O) groups excluding carboxylic acids is 2. The van der Waals surface area contributed by atoms with Crippen LogP contribution in [0.5, 0.6) is 5.75 Å². The van der Waals surface area contributed by atoms with Crippen molar-refractivity contribution in [2.45, 2.75) is 6.42 Å². The first-order valence-electron chi connectivity index (χ1n) is 7.41. The molecule has 0 saturated carbocycles. The van der Waals surface area contributed by atoms with E-state index in [0.29, 0.717) is 23.7 Å². The second kappa shape index (κ2) is 8.93. The highest BCUT2D eigenvalue weighted by molar-refractivity contribution is 6.30. The molecule has 0 aliphatic carbocycles. The lowest BCUT2D eigenvalue weighted by molar-refractivity contribution is -0.123. The van der Waals surface area contributed by atoms with E-state index in [0.717, 1.165) is 5.56 Å². The average molecular weight is 348 g/mol. The minimum Gasteiger partial charge on any atom is -0.483 e. The summed E-state index contributed by atoms with van der Waals surface area (Å²) in [7, 11) is 1.29. The Morgan fingerprint density at radius 3 is 2.50 bits per heavy atom. The summed E-state index contributed by atoms with van der Waals surface area (Å²) in [5, 5.41) is 3.45. The lowest BCUT2D eigenvalue weighted by Gasteiger charge is -2.10. The lowest BCUT2D eigenvalue weighted by atomic mass is 10.1. The molecule has 0 aromatic heterocycles. The number of para-hydroxylation sites is 1. The van der Waals surface area contributed by atoms with Gasteiger partial charge in [0.25, 0.3) is 5.91 Å². The highest BCUT2D eigenvalue weighted by atomic mass is 35.5. The summed E-state index contributed by atoms with van der Waals surface area (Å²) in [5.74, 6) is -0.449. The molecule has 0 bridgehead atoms. The van der Waals surface area contributed by atoms with Crippen molar-refractivity contribution in [3.63, 3.8) is 0 Å². The Morgan fingerprint density at radius 2 is 1.79 bits per heavy atom. The first-order chi connectivity index (χ1) is 11.6. The Hall–Kier alpha value is -2.53. The number of halogens is 1. The van der Waals surface area contributed by atoms with Gasteiger partial charge in [-0.2, -0.15) is 0 Å². The molecule has 0 radical (unpaired) electrons. The SMILES string of the molecule is COC(=O)c1ccccc1OCC(=O)NCCc1ccc(Cl)cc1. The zero-order valence-corrected chi connectivity index (χ0v) is 14.0. The van der Waals surface area contributed by atoms with Crippen molar-refractivity contribution in [1.29, 1.82) is 0 Å². The Bertz CT molecular complexity index is 700. The maximum atomic E-state index is 11.8. The van der Waals surface area contributed by atoms with Gasteiger partial charge in [0.1, 0.15) is 11.3 Å². The van der Waals surface area contributed by atoms with Crippen molar-refractivity contribution in [2.24, 2.45) is 0 Å². The summed E-state index contributed by atoms with van der Waals surface area (Å²) in [6.07, 6.45) is 0.696. The fourth-order valence-electron chi connectivity index (χ4n) is 2.06. The van der Waals surface area contributed by atoms with Crippen molar-refractivity contribution in [1.82, 2.24) is 5.32 Å². The molecule has 0 saturated heterocycles. The van der Waals surface area contributed by atoms with E-state index >= 15 is 0 Å². The van der Waals surface area contributed by atoms with Crippen LogP contribution in [0.15, 0.2) is 48.5 Å². The molecule has 2 aromatic carbocycles. The first-order valence-corrected chi connectivity index (χ1v) is 7.79. The number of carbonyl (C=O) groups is 2. The van der Waals surface area contributed by atoms with Crippen LogP contribution in [0, 0.1) is 0 Å². The van der Waals surface area contributed by atoms with Crippen LogP contribution in [0.4, 0.5) is 0 Å². The highest BCUT2D eigenvalue weighted by Gasteiger charge is 2.13. The summed E-state index contributed by atoms with van der Waals surface area (Å²) in [6.45, 7) is 0.317. The number of methoxy groups -OCH3 is 1. The number of ether oxygens (including phenoxy) is 2. The highest BCUT2D eigenvalue weighted by Crippen LogP contribution is 2.18. The molecule has 2 aromatic rings. The van der Waals surface area contributed by atoms with E-state index < -0.39 is 5.97 Å². The van der Waals surface area contributed by atoms with E-state index in [1.54, 1.807) is 24.3 Å². The van der Waals surface area contributed by atoms with Gasteiger partial charge in [-0.1, -0.05) is 35.9 Å². The maximum Gasteiger partial charge on any atom is 0.341 e. The number of esters is 1. The van der Waals surface area contributed by atoms with Crippen LogP contribution in [0.1, 0.15) is 15.9 Å². The molecule has 0 heterocycles. The Kier molecular flexibility index (Phi) is 6.63. The van der Waals surface area contributed by atoms with Crippen molar-refractivity contribution in [3.05, 3.63) is 64.7 Å². The number of amides is 1. The lowest BCUT2D eigenvalue weighted by Crippen LogP contribution is -2.30. The molecule has 24 heavy (non-hydrogen) atoms. The van der Waals surface area contributed by atoms with E-state index in [1.165, 1.54) is 7.11 Å². The minimum atomic E-state index is -0.506. The molecule has 2 rings (SSSR count). The second-order valence-corrected chi connectivity index (χ2v) is 5.44. The third kappa shape index (κ3) is 5.28. The zero-order chi connectivity index (χ0) is 17.4. The largest absolute Gasteiger partial charge is 0.483 e. The molecule has 6 heteroatoms. The Labute approximate surface area is 145 Å². The fraction of sp³-hybridized carbons (Fsp3) is 0.222. The summed E-state index contributed by atoms with van der Waals surface area (Å²) in [5.41, 5.74) is 1.37. The summed E-state index contributed by atoms with van der Waals surface area (Å²) in [6, 6.07) is 14.1. The molecule has 0 spiro atoms. The van der Waals surface area contributed by atoms with Crippen LogP contribution < -0.4 is 10.1 Å². The van der Waals surface area contributed by atoms with Gasteiger partial charge < -0.3 is 14.8 Å². The molecule has 0 aliphatic rings. The molecule has 126 valence electrons. The number of benzene rings is 2. The predicted octanol–water partition coefficient (Wildman–Crippen LogP) is 2.86. The molecule has 0 atom stereocenters. The van der Waals surface area contributed by atoms with Crippen molar-refractivity contribution >= 4 is 23.5 Å². The van der Waals surface area contributed by atoms with Gasteiger partial charge in [-0.05, 0) is 36.2 Å². The van der Waals surface area contributed by atoms with Crippen molar-refractivity contribution in [2.75, 3.05) is 20.3 Å². The van der Waals surface area contributed by atoms with Crippen LogP contribution in [-0.2, 0) is 16.0 Å². The quantitative estimate of drug-likeness (QED) is 0.782. The number of rotatable bonds is 7. The van der Waals surface area contributed by atoms with Gasteiger partial charge >= 0.3 is 5.97 Å². The van der Waals surface area contributed by atoms with E-state index in [1.807, 2.05) is 24.3 Å². The van der Waals surface area contributed by atoms with Crippen LogP contribution >= 0.6 is 11.6 Å². The van der Waals surface area contributed by atoms with Gasteiger partial charge in [-0.15, -0.1) is 0 Å². The van der Waals surface area contributed by atoms with Crippen molar-refractivity contribution in [3.8, 4) is 5.75 Å². The molecule has 0 unspecified atom stereocenters. The average Bonchev–Trinajstić information content (AvgIpc) is 2.61. The number of hydrogen-bond acceptors (Lipinski definition) is 4. The third-order valence-corrected chi connectivity index (χ3v) is 3.55. The summed E-state index contributed by atoms with van der Waals surface area (Å²) < 4.78 is 10.1. The van der Waals surface area contributed by atoms with E-state index in [4.69, 9.17) is 16.3 Å². The van der Waals surface area contributed by atoms with E-state index in [2.05, 4.69) is 10.1 Å². The van der Waals surface area contributed by atoms with Crippen LogP contribution in [0.2, 0.25) is 5.02 Å². The topological polar surface area (TPSA) is 64.6 Å². The number of nitrogens with one attached hydrogen (secondary N) is 1. The first kappa shape index (κ1) is 17.8. The van der Waals surface area contributed by atoms with Crippen LogP contribution in [0.3, 0.4) is 0 Å². The molecular formula is C18H18ClNO4. The van der Waals surface area contributed by atoms with Gasteiger partial charge in [-0.3, -0.25) is 4.79 Å². The van der Waals surface area contributed by atoms with Gasteiger partial charge in [0, 0.05) is 11.6 Å². The van der Waals surface area contributed by atoms with Crippen LogP contribution in [0.25, 0.3) is 0 Å². The van der Waals surface area contributed by atoms with E-state index in [-0.39, 0.29) is 18.1 Å². The number of hydrogen-bond donors (Lipinski definition) is 1. The molecular weight excluding hydrogens is 330 g/mol. The molecule has 0 fully saturated rings. The fourth-order valence-corrected chi connectivity index (χ4v) is 2.19. The maximum absolute atomic E-state index is 11.8. The Morgan fingerprint density at radius 1 is 1.08 bits per heavy atom. The van der Waals surface area contributed by atoms with Gasteiger partial charge in [0.15, 0.2) is 6.61 Å². The normalized spacial score (nSPS) is 10.1. The smallest absolute Gasteiger partial charge is 0.341 e. The minimum absolute atomic E-state index is 0.172.